The van der Waals surface area contributed by atoms with Crippen molar-refractivity contribution in [2.75, 3.05) is 38.2 Å². The molecule has 1 amide bonds. The number of aliphatic hydroxyl groups is 1. The number of halogens is 1. The van der Waals surface area contributed by atoms with Crippen LogP contribution in [-0.2, 0) is 9.53 Å². The van der Waals surface area contributed by atoms with Crippen molar-refractivity contribution in [2.24, 2.45) is 0 Å². The fraction of sp³-hybridized carbons (Fsp3) is 0.333. The highest BCUT2D eigenvalue weighted by Gasteiger charge is 2.28. The summed E-state index contributed by atoms with van der Waals surface area (Å²) in [5, 5.41) is 12.3. The Bertz CT molecular complexity index is 832. The number of aromatic nitrogens is 3. The molecule has 1 aliphatic rings. The van der Waals surface area contributed by atoms with E-state index in [1.165, 1.54) is 12.4 Å². The van der Waals surface area contributed by atoms with Crippen LogP contribution in [0.3, 0.4) is 0 Å². The third kappa shape index (κ3) is 4.60. The number of carbonyl (C=O) groups excluding carboxylic acids is 1. The van der Waals surface area contributed by atoms with E-state index in [1.54, 1.807) is 17.0 Å². The fourth-order valence-electron chi connectivity index (χ4n) is 2.88. The van der Waals surface area contributed by atoms with Gasteiger partial charge in [-0.1, -0.05) is 18.2 Å². The van der Waals surface area contributed by atoms with Crippen molar-refractivity contribution in [3.63, 3.8) is 0 Å². The average Bonchev–Trinajstić information content (AvgIpc) is 2.71. The zero-order chi connectivity index (χ0) is 19.2. The third-order valence-corrected chi connectivity index (χ3v) is 4.33. The number of benzene rings is 1. The molecule has 0 radical (unpaired) electrons. The Hall–Kier alpha value is -2.55. The van der Waals surface area contributed by atoms with Gasteiger partial charge in [0.25, 0.3) is 0 Å². The van der Waals surface area contributed by atoms with Gasteiger partial charge in [0.05, 0.1) is 25.9 Å². The molecule has 8 nitrogen and oxygen atoms in total. The van der Waals surface area contributed by atoms with E-state index < -0.39 is 0 Å². The minimum Gasteiger partial charge on any atom is -0.395 e. The van der Waals surface area contributed by atoms with Crippen LogP contribution in [0.1, 0.15) is 11.6 Å². The Morgan fingerprint density at radius 1 is 1.44 bits per heavy atom. The number of morpholine rings is 1. The Labute approximate surface area is 161 Å². The van der Waals surface area contributed by atoms with Crippen LogP contribution in [0, 0.1) is 0 Å². The molecular weight excluding hydrogens is 370 g/mol. The molecule has 1 fully saturated rings. The summed E-state index contributed by atoms with van der Waals surface area (Å²) < 4.78 is 5.56. The minimum atomic E-state index is -0.268. The average molecular weight is 390 g/mol. The van der Waals surface area contributed by atoms with Crippen molar-refractivity contribution in [1.82, 2.24) is 19.9 Å². The molecule has 0 bridgehead atoms. The molecule has 1 aliphatic heterocycles. The molecule has 0 spiro atoms. The molecule has 0 aliphatic carbocycles. The van der Waals surface area contributed by atoms with Crippen molar-refractivity contribution >= 4 is 23.5 Å². The summed E-state index contributed by atoms with van der Waals surface area (Å²) in [6.07, 6.45) is 2.69. The Kier molecular flexibility index (Phi) is 6.33. The second-order valence-corrected chi connectivity index (χ2v) is 6.32. The number of amides is 1. The summed E-state index contributed by atoms with van der Waals surface area (Å²) in [5.74, 6) is 0.646. The van der Waals surface area contributed by atoms with Crippen LogP contribution in [0.15, 0.2) is 37.2 Å². The van der Waals surface area contributed by atoms with Crippen molar-refractivity contribution < 1.29 is 14.6 Å². The maximum atomic E-state index is 12.2. The topological polar surface area (TPSA) is 100 Å². The Morgan fingerprint density at radius 2 is 2.30 bits per heavy atom. The van der Waals surface area contributed by atoms with Gasteiger partial charge in [-0.3, -0.25) is 4.79 Å². The van der Waals surface area contributed by atoms with Crippen molar-refractivity contribution in [3.8, 4) is 11.4 Å². The number of carbonyl (C=O) groups is 1. The fourth-order valence-corrected chi connectivity index (χ4v) is 3.13. The quantitative estimate of drug-likeness (QED) is 0.725. The van der Waals surface area contributed by atoms with Gasteiger partial charge in [0.2, 0.25) is 11.9 Å². The van der Waals surface area contributed by atoms with Crippen molar-refractivity contribution in [1.29, 1.82) is 0 Å². The highest BCUT2D eigenvalue weighted by Crippen LogP contribution is 2.30. The van der Waals surface area contributed by atoms with E-state index in [9.17, 15) is 4.79 Å². The van der Waals surface area contributed by atoms with Gasteiger partial charge in [-0.15, -0.1) is 0 Å². The molecule has 0 unspecified atom stereocenters. The highest BCUT2D eigenvalue weighted by molar-refractivity contribution is 6.31. The monoisotopic (exact) mass is 389 g/mol. The number of aliphatic hydroxyl groups excluding tert-OH is 1. The number of ether oxygens (including phenoxy) is 1. The second-order valence-electron chi connectivity index (χ2n) is 5.88. The molecule has 27 heavy (non-hydrogen) atoms. The van der Waals surface area contributed by atoms with Gasteiger partial charge >= 0.3 is 0 Å². The molecule has 9 heteroatoms. The largest absolute Gasteiger partial charge is 0.395 e. The van der Waals surface area contributed by atoms with Crippen LogP contribution in [0.2, 0.25) is 5.02 Å². The van der Waals surface area contributed by atoms with Gasteiger partial charge in [0.1, 0.15) is 6.33 Å². The van der Waals surface area contributed by atoms with Crippen LogP contribution in [-0.4, -0.2) is 63.8 Å². The van der Waals surface area contributed by atoms with Crippen LogP contribution < -0.4 is 5.32 Å². The molecule has 142 valence electrons. The molecule has 1 aromatic carbocycles. The molecule has 1 aromatic heterocycles. The van der Waals surface area contributed by atoms with Gasteiger partial charge in [-0.2, -0.15) is 4.98 Å². The van der Waals surface area contributed by atoms with Gasteiger partial charge in [0, 0.05) is 23.7 Å². The number of anilines is 1. The van der Waals surface area contributed by atoms with Gasteiger partial charge in [-0.05, 0) is 29.8 Å². The summed E-state index contributed by atoms with van der Waals surface area (Å²) in [5.41, 5.74) is 1.53. The third-order valence-electron chi connectivity index (χ3n) is 4.12. The van der Waals surface area contributed by atoms with Gasteiger partial charge < -0.3 is 20.1 Å². The van der Waals surface area contributed by atoms with E-state index in [0.29, 0.717) is 48.7 Å². The van der Waals surface area contributed by atoms with Crippen molar-refractivity contribution in [2.45, 2.75) is 6.04 Å². The molecule has 2 heterocycles. The van der Waals surface area contributed by atoms with Crippen LogP contribution in [0.25, 0.3) is 11.4 Å². The summed E-state index contributed by atoms with van der Waals surface area (Å²) in [6.45, 7) is 5.22. The SMILES string of the molecule is C=CC(=O)N1CCOC[C@H]1c1cc(Cl)cc(-c2ncnc(NCCO)n2)c1. The Balaban J connectivity index is 1.94. The number of nitrogens with zero attached hydrogens (tertiary/aromatic N) is 4. The lowest BCUT2D eigenvalue weighted by Gasteiger charge is -2.35. The molecular formula is C18H20ClN5O3. The van der Waals surface area contributed by atoms with E-state index in [1.807, 2.05) is 6.07 Å². The van der Waals surface area contributed by atoms with Crippen LogP contribution in [0.5, 0.6) is 0 Å². The zero-order valence-electron chi connectivity index (χ0n) is 14.6. The van der Waals surface area contributed by atoms with E-state index in [2.05, 4.69) is 26.8 Å². The second kappa shape index (κ2) is 8.90. The van der Waals surface area contributed by atoms with E-state index in [0.717, 1.165) is 5.56 Å². The zero-order valence-corrected chi connectivity index (χ0v) is 15.4. The summed E-state index contributed by atoms with van der Waals surface area (Å²) in [4.78, 5) is 26.5. The van der Waals surface area contributed by atoms with Crippen LogP contribution >= 0.6 is 11.6 Å². The Morgan fingerprint density at radius 3 is 3.07 bits per heavy atom. The van der Waals surface area contributed by atoms with E-state index in [4.69, 9.17) is 21.4 Å². The highest BCUT2D eigenvalue weighted by atomic mass is 35.5. The number of nitrogens with one attached hydrogen (secondary N) is 1. The predicted octanol–water partition coefficient (Wildman–Crippen LogP) is 1.68. The summed E-state index contributed by atoms with van der Waals surface area (Å²) >= 11 is 6.32. The lowest BCUT2D eigenvalue weighted by Crippen LogP contribution is -2.42. The smallest absolute Gasteiger partial charge is 0.246 e. The van der Waals surface area contributed by atoms with E-state index in [-0.39, 0.29) is 18.6 Å². The maximum absolute atomic E-state index is 12.2. The number of hydrogen-bond acceptors (Lipinski definition) is 7. The first-order valence-electron chi connectivity index (χ1n) is 8.47. The first-order chi connectivity index (χ1) is 13.1. The number of rotatable bonds is 6. The standard InChI is InChI=1S/C18H20ClN5O3/c1-2-16(26)24-4-6-27-10-15(24)12-7-13(9-14(19)8-12)17-21-11-22-18(23-17)20-3-5-25/h2,7-9,11,15,25H,1,3-6,10H2,(H,20,21,22,23)/t15-/m0/s1. The maximum Gasteiger partial charge on any atom is 0.246 e. The van der Waals surface area contributed by atoms with Crippen LogP contribution in [0.4, 0.5) is 5.95 Å². The van der Waals surface area contributed by atoms with Gasteiger partial charge in [0.15, 0.2) is 5.82 Å². The van der Waals surface area contributed by atoms with Gasteiger partial charge in [-0.25, -0.2) is 9.97 Å². The van der Waals surface area contributed by atoms with E-state index >= 15 is 0 Å². The molecule has 1 saturated heterocycles. The lowest BCUT2D eigenvalue weighted by molar-refractivity contribution is -0.134. The normalized spacial score (nSPS) is 16.8. The predicted molar refractivity (Wildman–Crippen MR) is 101 cm³/mol. The molecule has 3 rings (SSSR count). The molecule has 2 N–H and O–H groups in total. The first kappa shape index (κ1) is 19.2. The molecule has 0 saturated carbocycles. The molecule has 2 aromatic rings. The van der Waals surface area contributed by atoms with Crippen molar-refractivity contribution in [3.05, 3.63) is 47.8 Å². The number of hydrogen-bond donors (Lipinski definition) is 2. The lowest BCUT2D eigenvalue weighted by atomic mass is 10.0. The molecule has 1 atom stereocenters. The summed E-state index contributed by atoms with van der Waals surface area (Å²) in [6, 6.07) is 5.18. The minimum absolute atomic E-state index is 0.0306. The first-order valence-corrected chi connectivity index (χ1v) is 8.85. The summed E-state index contributed by atoms with van der Waals surface area (Å²) in [7, 11) is 0.